The third-order valence-corrected chi connectivity index (χ3v) is 3.64. The average molecular weight is 262 g/mol. The summed E-state index contributed by atoms with van der Waals surface area (Å²) in [4.78, 5) is 14.7. The Morgan fingerprint density at radius 2 is 1.89 bits per heavy atom. The van der Waals surface area contributed by atoms with E-state index in [1.165, 1.54) is 0 Å². The lowest BCUT2D eigenvalue weighted by Gasteiger charge is -2.31. The Labute approximate surface area is 116 Å². The summed E-state index contributed by atoms with van der Waals surface area (Å²) in [6.45, 7) is 9.37. The average Bonchev–Trinajstić information content (AvgIpc) is 2.41. The quantitative estimate of drug-likeness (QED) is 0.857. The third kappa shape index (κ3) is 3.80. The van der Waals surface area contributed by atoms with Gasteiger partial charge in [0.1, 0.15) is 0 Å². The Bertz CT molecular complexity index is 425. The second-order valence-electron chi connectivity index (χ2n) is 5.08. The predicted molar refractivity (Wildman–Crippen MR) is 80.4 cm³/mol. The molecule has 0 aliphatic carbocycles. The first-order chi connectivity index (χ1) is 9.04. The van der Waals surface area contributed by atoms with Gasteiger partial charge in [0.05, 0.1) is 0 Å². The van der Waals surface area contributed by atoms with Gasteiger partial charge < -0.3 is 10.6 Å². The molecule has 19 heavy (non-hydrogen) atoms. The summed E-state index contributed by atoms with van der Waals surface area (Å²) < 4.78 is 0. The van der Waals surface area contributed by atoms with Gasteiger partial charge in [0.25, 0.3) is 5.91 Å². The Morgan fingerprint density at radius 1 is 1.26 bits per heavy atom. The molecule has 3 heteroatoms. The maximum Gasteiger partial charge on any atom is 0.254 e. The number of nitrogens with zero attached hydrogens (tertiary/aromatic N) is 1. The van der Waals surface area contributed by atoms with E-state index in [-0.39, 0.29) is 11.9 Å². The minimum absolute atomic E-state index is 0.111. The van der Waals surface area contributed by atoms with Crippen LogP contribution >= 0.6 is 0 Å². The van der Waals surface area contributed by atoms with Gasteiger partial charge in [-0.3, -0.25) is 4.79 Å². The van der Waals surface area contributed by atoms with Crippen molar-refractivity contribution in [2.24, 2.45) is 5.73 Å². The molecule has 0 aromatic heterocycles. The summed E-state index contributed by atoms with van der Waals surface area (Å²) in [5, 5.41) is 0. The fraction of sp³-hybridized carbons (Fsp3) is 0.562. The highest BCUT2D eigenvalue weighted by Gasteiger charge is 2.22. The van der Waals surface area contributed by atoms with E-state index in [1.807, 2.05) is 36.9 Å². The van der Waals surface area contributed by atoms with Crippen molar-refractivity contribution < 1.29 is 4.79 Å². The molecule has 1 amide bonds. The zero-order valence-corrected chi connectivity index (χ0v) is 12.6. The second kappa shape index (κ2) is 7.29. The summed E-state index contributed by atoms with van der Waals surface area (Å²) in [5.74, 6) is 0.111. The number of benzene rings is 1. The van der Waals surface area contributed by atoms with Crippen LogP contribution in [0.4, 0.5) is 0 Å². The van der Waals surface area contributed by atoms with Crippen molar-refractivity contribution >= 4 is 5.91 Å². The Balaban J connectivity index is 3.08. The monoisotopic (exact) mass is 262 g/mol. The largest absolute Gasteiger partial charge is 0.334 e. The molecule has 0 aliphatic heterocycles. The van der Waals surface area contributed by atoms with E-state index in [1.54, 1.807) is 0 Å². The zero-order valence-electron chi connectivity index (χ0n) is 12.6. The number of aryl methyl sites for hydroxylation is 2. The molecule has 0 saturated heterocycles. The standard InChI is InChI=1S/C16H26N2O/c1-5-14(6-2)18(10-9-17)16(19)15-11-12(3)7-8-13(15)4/h7-8,11,14H,5-6,9-10,17H2,1-4H3. The SMILES string of the molecule is CCC(CC)N(CCN)C(=O)c1cc(C)ccc1C. The lowest BCUT2D eigenvalue weighted by atomic mass is 10.0. The van der Waals surface area contributed by atoms with Gasteiger partial charge in [-0.05, 0) is 38.3 Å². The minimum Gasteiger partial charge on any atom is -0.334 e. The van der Waals surface area contributed by atoms with Crippen molar-refractivity contribution in [3.8, 4) is 0 Å². The molecule has 0 spiro atoms. The molecule has 3 nitrogen and oxygen atoms in total. The van der Waals surface area contributed by atoms with Crippen LogP contribution in [-0.2, 0) is 0 Å². The number of rotatable bonds is 6. The molecular formula is C16H26N2O. The van der Waals surface area contributed by atoms with E-state index in [0.29, 0.717) is 13.1 Å². The molecule has 0 unspecified atom stereocenters. The van der Waals surface area contributed by atoms with Crippen LogP contribution in [0, 0.1) is 13.8 Å². The maximum atomic E-state index is 12.7. The van der Waals surface area contributed by atoms with Crippen LogP contribution < -0.4 is 5.73 Å². The van der Waals surface area contributed by atoms with Crippen LogP contribution in [0.25, 0.3) is 0 Å². The molecule has 1 rings (SSSR count). The molecule has 0 aliphatic rings. The molecule has 1 aromatic carbocycles. The number of amides is 1. The van der Waals surface area contributed by atoms with Crippen molar-refractivity contribution in [2.45, 2.75) is 46.6 Å². The van der Waals surface area contributed by atoms with Crippen LogP contribution in [0.5, 0.6) is 0 Å². The lowest BCUT2D eigenvalue weighted by Crippen LogP contribution is -2.43. The maximum absolute atomic E-state index is 12.7. The Hall–Kier alpha value is -1.35. The number of carbonyl (C=O) groups is 1. The first kappa shape index (κ1) is 15.7. The van der Waals surface area contributed by atoms with Crippen LogP contribution in [0.1, 0.15) is 48.2 Å². The first-order valence-electron chi connectivity index (χ1n) is 7.13. The van der Waals surface area contributed by atoms with E-state index in [4.69, 9.17) is 5.73 Å². The summed E-state index contributed by atoms with van der Waals surface area (Å²) in [7, 11) is 0. The van der Waals surface area contributed by atoms with E-state index >= 15 is 0 Å². The molecule has 0 heterocycles. The fourth-order valence-corrected chi connectivity index (χ4v) is 2.44. The third-order valence-electron chi connectivity index (χ3n) is 3.64. The van der Waals surface area contributed by atoms with Gasteiger partial charge >= 0.3 is 0 Å². The smallest absolute Gasteiger partial charge is 0.254 e. The molecular weight excluding hydrogens is 236 g/mol. The molecule has 2 N–H and O–H groups in total. The van der Waals surface area contributed by atoms with Crippen molar-refractivity contribution in [1.82, 2.24) is 4.90 Å². The number of nitrogens with two attached hydrogens (primary N) is 1. The van der Waals surface area contributed by atoms with E-state index in [0.717, 1.165) is 29.5 Å². The summed E-state index contributed by atoms with van der Waals surface area (Å²) >= 11 is 0. The first-order valence-corrected chi connectivity index (χ1v) is 7.13. The highest BCUT2D eigenvalue weighted by molar-refractivity contribution is 5.96. The number of hydrogen-bond acceptors (Lipinski definition) is 2. The van der Waals surface area contributed by atoms with Gasteiger partial charge in [-0.2, -0.15) is 0 Å². The van der Waals surface area contributed by atoms with Crippen LogP contribution in [-0.4, -0.2) is 29.9 Å². The van der Waals surface area contributed by atoms with Crippen molar-refractivity contribution in [1.29, 1.82) is 0 Å². The van der Waals surface area contributed by atoms with Crippen molar-refractivity contribution in [3.63, 3.8) is 0 Å². The van der Waals surface area contributed by atoms with Gasteiger partial charge in [0.15, 0.2) is 0 Å². The second-order valence-corrected chi connectivity index (χ2v) is 5.08. The predicted octanol–water partition coefficient (Wildman–Crippen LogP) is 2.89. The Morgan fingerprint density at radius 3 is 2.42 bits per heavy atom. The number of hydrogen-bond donors (Lipinski definition) is 1. The molecule has 1 aromatic rings. The van der Waals surface area contributed by atoms with Crippen LogP contribution in [0.2, 0.25) is 0 Å². The zero-order chi connectivity index (χ0) is 14.4. The highest BCUT2D eigenvalue weighted by atomic mass is 16.2. The summed E-state index contributed by atoms with van der Waals surface area (Å²) in [6.07, 6.45) is 1.93. The Kier molecular flexibility index (Phi) is 6.03. The molecule has 0 bridgehead atoms. The lowest BCUT2D eigenvalue weighted by molar-refractivity contribution is 0.0673. The topological polar surface area (TPSA) is 46.3 Å². The van der Waals surface area contributed by atoms with Crippen LogP contribution in [0.15, 0.2) is 18.2 Å². The van der Waals surface area contributed by atoms with E-state index < -0.39 is 0 Å². The molecule has 106 valence electrons. The van der Waals surface area contributed by atoms with Crippen molar-refractivity contribution in [2.75, 3.05) is 13.1 Å². The normalized spacial score (nSPS) is 10.8. The van der Waals surface area contributed by atoms with Crippen molar-refractivity contribution in [3.05, 3.63) is 34.9 Å². The minimum atomic E-state index is 0.111. The summed E-state index contributed by atoms with van der Waals surface area (Å²) in [6, 6.07) is 6.30. The van der Waals surface area contributed by atoms with E-state index in [9.17, 15) is 4.79 Å². The van der Waals surface area contributed by atoms with Crippen LogP contribution in [0.3, 0.4) is 0 Å². The van der Waals surface area contributed by atoms with E-state index in [2.05, 4.69) is 13.8 Å². The molecule has 0 radical (unpaired) electrons. The fourth-order valence-electron chi connectivity index (χ4n) is 2.44. The molecule has 0 saturated carbocycles. The summed E-state index contributed by atoms with van der Waals surface area (Å²) in [5.41, 5.74) is 8.62. The highest BCUT2D eigenvalue weighted by Crippen LogP contribution is 2.17. The number of carbonyl (C=O) groups excluding carboxylic acids is 1. The van der Waals surface area contributed by atoms with Gasteiger partial charge in [-0.15, -0.1) is 0 Å². The molecule has 0 atom stereocenters. The van der Waals surface area contributed by atoms with Gasteiger partial charge in [-0.1, -0.05) is 31.5 Å². The van der Waals surface area contributed by atoms with Gasteiger partial charge in [0.2, 0.25) is 0 Å². The van der Waals surface area contributed by atoms with Gasteiger partial charge in [-0.25, -0.2) is 0 Å². The van der Waals surface area contributed by atoms with Gasteiger partial charge in [0, 0.05) is 24.7 Å². The molecule has 0 fully saturated rings.